The second-order valence-electron chi connectivity index (χ2n) is 8.48. The van der Waals surface area contributed by atoms with Gasteiger partial charge in [-0.15, -0.1) is 6.42 Å². The smallest absolute Gasteiger partial charge is 0.233 e. The summed E-state index contributed by atoms with van der Waals surface area (Å²) in [5.41, 5.74) is 0. The van der Waals surface area contributed by atoms with Crippen LogP contribution in [0, 0.1) is 36.0 Å². The van der Waals surface area contributed by atoms with Gasteiger partial charge in [0, 0.05) is 32.5 Å². The lowest BCUT2D eigenvalue weighted by Crippen LogP contribution is -2.36. The molecular formula is C23H31N3O5. The van der Waals surface area contributed by atoms with Gasteiger partial charge in [-0.3, -0.25) is 24.1 Å². The van der Waals surface area contributed by atoms with Crippen LogP contribution in [-0.2, 0) is 19.2 Å². The van der Waals surface area contributed by atoms with Crippen LogP contribution in [0.15, 0.2) is 12.2 Å². The third-order valence-electron chi connectivity index (χ3n) is 6.51. The summed E-state index contributed by atoms with van der Waals surface area (Å²) in [6, 6.07) is 0. The predicted molar refractivity (Wildman–Crippen MR) is 113 cm³/mol. The first-order chi connectivity index (χ1) is 15.0. The Labute approximate surface area is 183 Å². The molecule has 2 unspecified atom stereocenters. The lowest BCUT2D eigenvalue weighted by molar-refractivity contribution is -0.141. The van der Waals surface area contributed by atoms with E-state index in [1.54, 1.807) is 0 Å². The van der Waals surface area contributed by atoms with E-state index in [-0.39, 0.29) is 80.0 Å². The molecule has 0 radical (unpaired) electrons. The minimum Gasteiger partial charge on any atom is -0.395 e. The van der Waals surface area contributed by atoms with Crippen molar-refractivity contribution in [3.8, 4) is 12.3 Å². The molecule has 8 nitrogen and oxygen atoms in total. The Bertz CT molecular complexity index is 757. The molecule has 0 aromatic heterocycles. The molecule has 2 fully saturated rings. The molecule has 31 heavy (non-hydrogen) atoms. The highest BCUT2D eigenvalue weighted by atomic mass is 16.3. The number of aliphatic hydroxyl groups excluding tert-OH is 1. The average molecular weight is 430 g/mol. The Morgan fingerprint density at radius 3 is 2.42 bits per heavy atom. The number of likely N-dealkylation sites (tertiary alicyclic amines) is 1. The molecule has 2 aliphatic carbocycles. The highest BCUT2D eigenvalue weighted by Crippen LogP contribution is 2.52. The van der Waals surface area contributed by atoms with E-state index in [0.717, 1.165) is 12.8 Å². The van der Waals surface area contributed by atoms with Crippen molar-refractivity contribution in [2.75, 3.05) is 32.8 Å². The standard InChI is InChI=1S/C23H31N3O5/c1-2-11-25(13-9-18(28)24-10-14-27)19(29)6-4-3-5-12-26-22(30)20-16-7-8-17(15-16)21(20)23(26)31/h1,7-8,16-17,20-21,27H,3-6,9-15H2,(H,24,28)/t16?,17?,20-,21+. The first kappa shape index (κ1) is 23.0. The first-order valence-electron chi connectivity index (χ1n) is 11.1. The quantitative estimate of drug-likeness (QED) is 0.201. The third kappa shape index (κ3) is 5.16. The van der Waals surface area contributed by atoms with Crippen LogP contribution in [0.1, 0.15) is 38.5 Å². The van der Waals surface area contributed by atoms with Crippen LogP contribution in [0.2, 0.25) is 0 Å². The molecule has 1 heterocycles. The Hall–Kier alpha value is -2.66. The summed E-state index contributed by atoms with van der Waals surface area (Å²) in [5, 5.41) is 11.3. The molecule has 168 valence electrons. The Morgan fingerprint density at radius 2 is 1.81 bits per heavy atom. The number of aliphatic hydroxyl groups is 1. The van der Waals surface area contributed by atoms with Crippen LogP contribution in [0.4, 0.5) is 0 Å². The summed E-state index contributed by atoms with van der Waals surface area (Å²) in [6.07, 6.45) is 12.9. The SMILES string of the molecule is C#CCN(CCC(=O)NCCO)C(=O)CCCCCN1C(=O)[C@@H]2C3C=CC(C3)[C@@H]2C1=O. The maximum atomic E-state index is 12.7. The molecular weight excluding hydrogens is 398 g/mol. The molecule has 1 saturated heterocycles. The van der Waals surface area contributed by atoms with Gasteiger partial charge in [0.05, 0.1) is 25.0 Å². The van der Waals surface area contributed by atoms with Gasteiger partial charge in [-0.05, 0) is 31.1 Å². The van der Waals surface area contributed by atoms with Crippen molar-refractivity contribution >= 4 is 23.6 Å². The number of fused-ring (bicyclic) bond motifs is 5. The van der Waals surface area contributed by atoms with Crippen molar-refractivity contribution in [1.29, 1.82) is 0 Å². The minimum atomic E-state index is -0.239. The van der Waals surface area contributed by atoms with E-state index in [4.69, 9.17) is 11.5 Å². The molecule has 4 amide bonds. The van der Waals surface area contributed by atoms with Crippen molar-refractivity contribution in [1.82, 2.24) is 15.1 Å². The highest BCUT2D eigenvalue weighted by Gasteiger charge is 2.58. The Balaban J connectivity index is 1.35. The maximum absolute atomic E-state index is 12.7. The van der Waals surface area contributed by atoms with E-state index in [2.05, 4.69) is 23.4 Å². The fourth-order valence-corrected chi connectivity index (χ4v) is 4.99. The summed E-state index contributed by atoms with van der Waals surface area (Å²) >= 11 is 0. The molecule has 2 N–H and O–H groups in total. The normalized spacial score (nSPS) is 25.6. The number of nitrogens with zero attached hydrogens (tertiary/aromatic N) is 2. The molecule has 3 aliphatic rings. The number of unbranched alkanes of at least 4 members (excludes halogenated alkanes) is 2. The number of rotatable bonds is 12. The summed E-state index contributed by atoms with van der Waals surface area (Å²) < 4.78 is 0. The number of carbonyl (C=O) groups is 4. The largest absolute Gasteiger partial charge is 0.395 e. The van der Waals surface area contributed by atoms with E-state index < -0.39 is 0 Å². The zero-order chi connectivity index (χ0) is 22.4. The second kappa shape index (κ2) is 10.6. The molecule has 8 heteroatoms. The third-order valence-corrected chi connectivity index (χ3v) is 6.51. The van der Waals surface area contributed by atoms with E-state index in [9.17, 15) is 19.2 Å². The fourth-order valence-electron chi connectivity index (χ4n) is 4.99. The number of imide groups is 1. The number of allylic oxidation sites excluding steroid dienone is 2. The molecule has 0 aromatic carbocycles. The Morgan fingerprint density at radius 1 is 1.13 bits per heavy atom. The topological polar surface area (TPSA) is 107 Å². The highest BCUT2D eigenvalue weighted by molar-refractivity contribution is 6.06. The van der Waals surface area contributed by atoms with Crippen LogP contribution in [0.25, 0.3) is 0 Å². The summed E-state index contributed by atoms with van der Waals surface area (Å²) in [5.74, 6) is 2.18. The molecule has 3 rings (SSSR count). The van der Waals surface area contributed by atoms with Crippen molar-refractivity contribution in [2.45, 2.75) is 38.5 Å². The van der Waals surface area contributed by atoms with Gasteiger partial charge in [0.1, 0.15) is 0 Å². The first-order valence-corrected chi connectivity index (χ1v) is 11.1. The molecule has 1 saturated carbocycles. The van der Waals surface area contributed by atoms with Gasteiger partial charge in [0.25, 0.3) is 0 Å². The van der Waals surface area contributed by atoms with E-state index in [1.807, 2.05) is 0 Å². The van der Waals surface area contributed by atoms with Gasteiger partial charge >= 0.3 is 0 Å². The number of terminal acetylenes is 1. The number of hydrogen-bond acceptors (Lipinski definition) is 5. The summed E-state index contributed by atoms with van der Waals surface area (Å²) in [7, 11) is 0. The van der Waals surface area contributed by atoms with Gasteiger partial charge in [0.15, 0.2) is 0 Å². The number of hydrogen-bond donors (Lipinski definition) is 2. The Kier molecular flexibility index (Phi) is 7.85. The van der Waals surface area contributed by atoms with Crippen molar-refractivity contribution in [2.24, 2.45) is 23.7 Å². The lowest BCUT2D eigenvalue weighted by atomic mass is 9.85. The van der Waals surface area contributed by atoms with Crippen LogP contribution in [0.3, 0.4) is 0 Å². The molecule has 1 aliphatic heterocycles. The zero-order valence-electron chi connectivity index (χ0n) is 17.8. The summed E-state index contributed by atoms with van der Waals surface area (Å²) in [4.78, 5) is 52.3. The second-order valence-corrected chi connectivity index (χ2v) is 8.48. The van der Waals surface area contributed by atoms with Gasteiger partial charge < -0.3 is 15.3 Å². The van der Waals surface area contributed by atoms with Gasteiger partial charge in [0.2, 0.25) is 23.6 Å². The lowest BCUT2D eigenvalue weighted by Gasteiger charge is -2.20. The monoisotopic (exact) mass is 429 g/mol. The van der Waals surface area contributed by atoms with E-state index >= 15 is 0 Å². The van der Waals surface area contributed by atoms with Crippen molar-refractivity contribution < 1.29 is 24.3 Å². The zero-order valence-corrected chi connectivity index (χ0v) is 17.8. The van der Waals surface area contributed by atoms with Crippen molar-refractivity contribution in [3.05, 3.63) is 12.2 Å². The molecule has 4 atom stereocenters. The van der Waals surface area contributed by atoms with Crippen molar-refractivity contribution in [3.63, 3.8) is 0 Å². The van der Waals surface area contributed by atoms with Gasteiger partial charge in [-0.25, -0.2) is 0 Å². The number of carbonyl (C=O) groups excluding carboxylic acids is 4. The van der Waals surface area contributed by atoms with Gasteiger partial charge in [-0.1, -0.05) is 24.5 Å². The summed E-state index contributed by atoms with van der Waals surface area (Å²) in [6.45, 7) is 0.839. The van der Waals surface area contributed by atoms with E-state index in [1.165, 1.54) is 9.80 Å². The predicted octanol–water partition coefficient (Wildman–Crippen LogP) is 0.314. The molecule has 0 aromatic rings. The van der Waals surface area contributed by atoms with Crippen LogP contribution in [-0.4, -0.2) is 71.3 Å². The van der Waals surface area contributed by atoms with Gasteiger partial charge in [-0.2, -0.15) is 0 Å². The molecule has 2 bridgehead atoms. The fraction of sp³-hybridized carbons (Fsp3) is 0.652. The van der Waals surface area contributed by atoms with Crippen LogP contribution >= 0.6 is 0 Å². The maximum Gasteiger partial charge on any atom is 0.233 e. The molecule has 0 spiro atoms. The minimum absolute atomic E-state index is 0.0254. The average Bonchev–Trinajstić information content (AvgIpc) is 3.44. The number of amides is 4. The van der Waals surface area contributed by atoms with Crippen LogP contribution < -0.4 is 5.32 Å². The number of nitrogens with one attached hydrogen (secondary N) is 1. The van der Waals surface area contributed by atoms with E-state index in [0.29, 0.717) is 25.8 Å². The van der Waals surface area contributed by atoms with Crippen LogP contribution in [0.5, 0.6) is 0 Å².